The molecule has 0 aliphatic heterocycles. The average Bonchev–Trinajstić information content (AvgIpc) is 2.88. The highest BCUT2D eigenvalue weighted by Gasteiger charge is 2.30. The molecule has 2 N–H and O–H groups in total. The third-order valence-corrected chi connectivity index (χ3v) is 3.23. The number of carbonyl (C=O) groups excluding carboxylic acids is 1. The van der Waals surface area contributed by atoms with E-state index in [0.717, 1.165) is 5.56 Å². The molecule has 0 atom stereocenters. The van der Waals surface area contributed by atoms with E-state index < -0.39 is 6.36 Å². The predicted molar refractivity (Wildman–Crippen MR) is 80.5 cm³/mol. The summed E-state index contributed by atoms with van der Waals surface area (Å²) in [5.41, 5.74) is 0.759. The quantitative estimate of drug-likeness (QED) is 0.780. The van der Waals surface area contributed by atoms with Crippen molar-refractivity contribution in [3.8, 4) is 5.75 Å². The van der Waals surface area contributed by atoms with Crippen molar-refractivity contribution in [1.82, 2.24) is 20.1 Å². The van der Waals surface area contributed by atoms with Gasteiger partial charge in [0.25, 0.3) is 0 Å². The fraction of sp³-hybridized carbons (Fsp3) is 0.400. The molecule has 0 unspecified atom stereocenters. The van der Waals surface area contributed by atoms with E-state index in [1.165, 1.54) is 28.9 Å². The molecule has 0 saturated carbocycles. The van der Waals surface area contributed by atoms with Gasteiger partial charge in [-0.25, -0.2) is 9.67 Å². The van der Waals surface area contributed by atoms with Gasteiger partial charge in [0.2, 0.25) is 5.91 Å². The van der Waals surface area contributed by atoms with Crippen LogP contribution in [0.1, 0.15) is 17.2 Å². The van der Waals surface area contributed by atoms with Crippen molar-refractivity contribution in [1.29, 1.82) is 0 Å². The summed E-state index contributed by atoms with van der Waals surface area (Å²) in [5, 5.41) is 15.6. The van der Waals surface area contributed by atoms with Gasteiger partial charge in [-0.05, 0) is 31.0 Å². The molecular formula is C15H17F3N4O3. The molecule has 7 nitrogen and oxygen atoms in total. The molecule has 1 aromatic carbocycles. The van der Waals surface area contributed by atoms with Crippen molar-refractivity contribution in [2.75, 3.05) is 6.54 Å². The topological polar surface area (TPSA) is 89.3 Å². The number of aliphatic hydroxyl groups is 1. The molecule has 10 heteroatoms. The van der Waals surface area contributed by atoms with Gasteiger partial charge < -0.3 is 15.2 Å². The maximum absolute atomic E-state index is 12.1. The summed E-state index contributed by atoms with van der Waals surface area (Å²) < 4.78 is 41.4. The van der Waals surface area contributed by atoms with Crippen LogP contribution in [0.5, 0.6) is 5.75 Å². The Morgan fingerprint density at radius 3 is 2.56 bits per heavy atom. The zero-order valence-corrected chi connectivity index (χ0v) is 13.4. The summed E-state index contributed by atoms with van der Waals surface area (Å²) in [5.74, 6) is 0.182. The number of aryl methyl sites for hydroxylation is 1. The van der Waals surface area contributed by atoms with Gasteiger partial charge in [-0.3, -0.25) is 4.79 Å². The Kier molecular flexibility index (Phi) is 5.97. The van der Waals surface area contributed by atoms with Crippen LogP contribution in [0.15, 0.2) is 24.3 Å². The zero-order chi connectivity index (χ0) is 18.4. The first-order valence-electron chi connectivity index (χ1n) is 7.39. The van der Waals surface area contributed by atoms with Gasteiger partial charge in [0.1, 0.15) is 24.7 Å². The summed E-state index contributed by atoms with van der Waals surface area (Å²) in [7, 11) is 0. The van der Waals surface area contributed by atoms with Crippen LogP contribution in [0.4, 0.5) is 13.2 Å². The smallest absolute Gasteiger partial charge is 0.406 e. The average molecular weight is 358 g/mol. The van der Waals surface area contributed by atoms with Crippen LogP contribution in [0.2, 0.25) is 0 Å². The lowest BCUT2D eigenvalue weighted by atomic mass is 10.1. The minimum absolute atomic E-state index is 0.0306. The van der Waals surface area contributed by atoms with Crippen molar-refractivity contribution < 1.29 is 27.8 Å². The number of halogens is 3. The number of benzene rings is 1. The predicted octanol–water partition coefficient (Wildman–Crippen LogP) is 1.34. The Balaban J connectivity index is 1.78. The monoisotopic (exact) mass is 358 g/mol. The summed E-state index contributed by atoms with van der Waals surface area (Å²) in [6.45, 7) is 1.66. The number of nitrogens with one attached hydrogen (secondary N) is 1. The molecule has 136 valence electrons. The van der Waals surface area contributed by atoms with Gasteiger partial charge in [-0.1, -0.05) is 12.1 Å². The molecule has 0 bridgehead atoms. The highest BCUT2D eigenvalue weighted by Crippen LogP contribution is 2.22. The Labute approximate surface area is 141 Å². The van der Waals surface area contributed by atoms with Crippen molar-refractivity contribution in [2.45, 2.75) is 32.9 Å². The SMILES string of the molecule is Cc1nc(CO)nn1CC(=O)NCCc1ccc(OC(F)(F)F)cc1. The van der Waals surface area contributed by atoms with Crippen LogP contribution in [-0.2, 0) is 24.4 Å². The van der Waals surface area contributed by atoms with Crippen LogP contribution >= 0.6 is 0 Å². The zero-order valence-electron chi connectivity index (χ0n) is 13.4. The maximum Gasteiger partial charge on any atom is 0.573 e. The van der Waals surface area contributed by atoms with E-state index in [4.69, 9.17) is 5.11 Å². The normalized spacial score (nSPS) is 11.4. The summed E-state index contributed by atoms with van der Waals surface area (Å²) in [4.78, 5) is 15.8. The summed E-state index contributed by atoms with van der Waals surface area (Å²) >= 11 is 0. The fourth-order valence-corrected chi connectivity index (χ4v) is 2.09. The molecule has 0 fully saturated rings. The number of rotatable bonds is 7. The molecule has 1 aromatic heterocycles. The molecule has 0 aliphatic carbocycles. The van der Waals surface area contributed by atoms with Crippen molar-refractivity contribution >= 4 is 5.91 Å². The Bertz CT molecular complexity index is 714. The number of amides is 1. The van der Waals surface area contributed by atoms with Gasteiger partial charge in [0, 0.05) is 6.54 Å². The van der Waals surface area contributed by atoms with Crippen molar-refractivity contribution in [2.24, 2.45) is 0 Å². The van der Waals surface area contributed by atoms with E-state index in [0.29, 0.717) is 18.8 Å². The van der Waals surface area contributed by atoms with Gasteiger partial charge in [0.15, 0.2) is 5.82 Å². The van der Waals surface area contributed by atoms with Gasteiger partial charge in [-0.15, -0.1) is 13.2 Å². The second-order valence-electron chi connectivity index (χ2n) is 5.18. The minimum Gasteiger partial charge on any atom is -0.406 e. The molecule has 0 aliphatic rings. The summed E-state index contributed by atoms with van der Waals surface area (Å²) in [6, 6.07) is 5.45. The highest BCUT2D eigenvalue weighted by molar-refractivity contribution is 5.75. The van der Waals surface area contributed by atoms with Crippen LogP contribution in [0.3, 0.4) is 0 Å². The third-order valence-electron chi connectivity index (χ3n) is 3.23. The van der Waals surface area contributed by atoms with E-state index in [1.54, 1.807) is 6.92 Å². The maximum atomic E-state index is 12.1. The van der Waals surface area contributed by atoms with Gasteiger partial charge >= 0.3 is 6.36 Å². The lowest BCUT2D eigenvalue weighted by Crippen LogP contribution is -2.30. The molecule has 0 radical (unpaired) electrons. The number of hydrogen-bond donors (Lipinski definition) is 2. The number of nitrogens with zero attached hydrogens (tertiary/aromatic N) is 3. The first kappa shape index (κ1) is 18.7. The standard InChI is InChI=1S/C15H17F3N4O3/c1-10-20-13(9-23)21-22(10)8-14(24)19-7-6-11-2-4-12(5-3-11)25-15(16,17)18/h2-5,23H,6-9H2,1H3,(H,19,24). The van der Waals surface area contributed by atoms with E-state index in [2.05, 4.69) is 20.1 Å². The Morgan fingerprint density at radius 1 is 1.32 bits per heavy atom. The highest BCUT2D eigenvalue weighted by atomic mass is 19.4. The molecule has 1 heterocycles. The Morgan fingerprint density at radius 2 is 2.00 bits per heavy atom. The lowest BCUT2D eigenvalue weighted by molar-refractivity contribution is -0.274. The number of aromatic nitrogens is 3. The Hall–Kier alpha value is -2.62. The molecule has 0 saturated heterocycles. The van der Waals surface area contributed by atoms with Crippen LogP contribution in [0, 0.1) is 6.92 Å². The van der Waals surface area contributed by atoms with Crippen LogP contribution < -0.4 is 10.1 Å². The number of alkyl halides is 3. The van der Waals surface area contributed by atoms with Crippen molar-refractivity contribution in [3.63, 3.8) is 0 Å². The number of ether oxygens (including phenoxy) is 1. The molecule has 25 heavy (non-hydrogen) atoms. The first-order valence-corrected chi connectivity index (χ1v) is 7.39. The second-order valence-corrected chi connectivity index (χ2v) is 5.18. The fourth-order valence-electron chi connectivity index (χ4n) is 2.09. The van der Waals surface area contributed by atoms with E-state index in [-0.39, 0.29) is 30.6 Å². The summed E-state index contributed by atoms with van der Waals surface area (Å²) in [6.07, 6.45) is -4.26. The van der Waals surface area contributed by atoms with Crippen LogP contribution in [0.25, 0.3) is 0 Å². The minimum atomic E-state index is -4.72. The largest absolute Gasteiger partial charge is 0.573 e. The second kappa shape index (κ2) is 7.97. The lowest BCUT2D eigenvalue weighted by Gasteiger charge is -2.09. The van der Waals surface area contributed by atoms with E-state index >= 15 is 0 Å². The molecule has 0 spiro atoms. The molecular weight excluding hydrogens is 341 g/mol. The number of aliphatic hydroxyl groups excluding tert-OH is 1. The molecule has 2 rings (SSSR count). The molecule has 1 amide bonds. The first-order chi connectivity index (χ1) is 11.8. The molecule has 2 aromatic rings. The third kappa shape index (κ3) is 6.07. The van der Waals surface area contributed by atoms with Gasteiger partial charge in [0.05, 0.1) is 0 Å². The van der Waals surface area contributed by atoms with E-state index in [9.17, 15) is 18.0 Å². The van der Waals surface area contributed by atoms with Crippen LogP contribution in [-0.4, -0.2) is 38.7 Å². The van der Waals surface area contributed by atoms with Gasteiger partial charge in [-0.2, -0.15) is 5.10 Å². The number of hydrogen-bond acceptors (Lipinski definition) is 5. The number of carbonyl (C=O) groups is 1. The van der Waals surface area contributed by atoms with Crippen molar-refractivity contribution in [3.05, 3.63) is 41.5 Å². The van der Waals surface area contributed by atoms with E-state index in [1.807, 2.05) is 0 Å².